The van der Waals surface area contributed by atoms with Crippen LogP contribution < -0.4 is 5.73 Å². The van der Waals surface area contributed by atoms with Crippen LogP contribution in [-0.2, 0) is 0 Å². The highest BCUT2D eigenvalue weighted by molar-refractivity contribution is 7.99. The summed E-state index contributed by atoms with van der Waals surface area (Å²) in [7, 11) is 0. The smallest absolute Gasteiger partial charge is 0.137 e. The number of anilines is 1. The van der Waals surface area contributed by atoms with Gasteiger partial charge in [-0.1, -0.05) is 30.0 Å². The van der Waals surface area contributed by atoms with Crippen LogP contribution in [0.3, 0.4) is 0 Å². The summed E-state index contributed by atoms with van der Waals surface area (Å²) in [6.45, 7) is 0. The first-order valence-corrected chi connectivity index (χ1v) is 6.73. The lowest BCUT2D eigenvalue weighted by Gasteiger charge is -2.09. The molecule has 20 heavy (non-hydrogen) atoms. The van der Waals surface area contributed by atoms with Gasteiger partial charge in [0.15, 0.2) is 0 Å². The molecule has 2 N–H and O–H groups in total. The van der Waals surface area contributed by atoms with Crippen molar-refractivity contribution >= 4 is 28.4 Å². The summed E-state index contributed by atoms with van der Waals surface area (Å²) >= 11 is 1.10. The fourth-order valence-electron chi connectivity index (χ4n) is 1.91. The Labute approximate surface area is 118 Å². The van der Waals surface area contributed by atoms with Crippen LogP contribution >= 0.6 is 11.8 Å². The molecule has 1 heterocycles. The van der Waals surface area contributed by atoms with E-state index in [1.54, 1.807) is 0 Å². The number of nitrogens with zero attached hydrogens (tertiary/aromatic N) is 1. The zero-order valence-electron chi connectivity index (χ0n) is 10.3. The van der Waals surface area contributed by atoms with Gasteiger partial charge >= 0.3 is 0 Å². The molecule has 0 fully saturated rings. The van der Waals surface area contributed by atoms with Crippen molar-refractivity contribution in [3.05, 3.63) is 60.3 Å². The van der Waals surface area contributed by atoms with Crippen molar-refractivity contribution in [2.24, 2.45) is 0 Å². The molecule has 5 heteroatoms. The van der Waals surface area contributed by atoms with E-state index in [4.69, 9.17) is 5.73 Å². The number of hydrogen-bond acceptors (Lipinski definition) is 3. The van der Waals surface area contributed by atoms with Crippen LogP contribution in [0.4, 0.5) is 14.5 Å². The van der Waals surface area contributed by atoms with Crippen LogP contribution in [0.1, 0.15) is 0 Å². The van der Waals surface area contributed by atoms with Crippen LogP contribution in [0.25, 0.3) is 10.9 Å². The number of para-hydroxylation sites is 1. The third kappa shape index (κ3) is 2.32. The molecule has 0 radical (unpaired) electrons. The minimum Gasteiger partial charge on any atom is -0.397 e. The Bertz CT molecular complexity index is 790. The molecule has 0 saturated carbocycles. The number of nitrogen functional groups attached to an aromatic ring is 1. The third-order valence-electron chi connectivity index (χ3n) is 2.86. The lowest BCUT2D eigenvalue weighted by atomic mass is 10.2. The van der Waals surface area contributed by atoms with Gasteiger partial charge in [-0.3, -0.25) is 4.98 Å². The minimum absolute atomic E-state index is 0.202. The van der Waals surface area contributed by atoms with E-state index in [0.717, 1.165) is 40.9 Å². The minimum atomic E-state index is -0.481. The quantitative estimate of drug-likeness (QED) is 0.766. The highest BCUT2D eigenvalue weighted by Crippen LogP contribution is 2.38. The number of nitrogens with two attached hydrogens (primary N) is 1. The summed E-state index contributed by atoms with van der Waals surface area (Å²) in [5, 5.41) is 0.821. The lowest BCUT2D eigenvalue weighted by Crippen LogP contribution is -1.93. The van der Waals surface area contributed by atoms with Crippen molar-refractivity contribution in [1.82, 2.24) is 4.98 Å². The Morgan fingerprint density at radius 3 is 2.70 bits per heavy atom. The highest BCUT2D eigenvalue weighted by atomic mass is 32.2. The number of rotatable bonds is 2. The average Bonchev–Trinajstić information content (AvgIpc) is 2.46. The van der Waals surface area contributed by atoms with E-state index in [9.17, 15) is 8.78 Å². The summed E-state index contributed by atoms with van der Waals surface area (Å²) < 4.78 is 27.0. The molecule has 0 aliphatic rings. The molecular weight excluding hydrogens is 278 g/mol. The van der Waals surface area contributed by atoms with Crippen molar-refractivity contribution in [1.29, 1.82) is 0 Å². The number of benzene rings is 2. The predicted octanol–water partition coefficient (Wildman–Crippen LogP) is 4.25. The van der Waals surface area contributed by atoms with Gasteiger partial charge in [0.05, 0.1) is 22.3 Å². The summed E-state index contributed by atoms with van der Waals surface area (Å²) in [4.78, 5) is 5.10. The molecule has 1 aromatic heterocycles. The standard InChI is InChI=1S/C15H10F2N2S/c16-9-5-6-11(17)14(7-9)20-15-10-3-1-2-4-13(10)19-8-12(15)18/h1-8H,18H2. The van der Waals surface area contributed by atoms with Crippen molar-refractivity contribution < 1.29 is 8.78 Å². The fraction of sp³-hybridized carbons (Fsp3) is 0. The SMILES string of the molecule is Nc1cnc2ccccc2c1Sc1cc(F)ccc1F. The van der Waals surface area contributed by atoms with Gasteiger partial charge in [-0.2, -0.15) is 0 Å². The Morgan fingerprint density at radius 2 is 1.85 bits per heavy atom. The molecule has 0 saturated heterocycles. The first kappa shape index (κ1) is 12.9. The molecular formula is C15H10F2N2S. The molecule has 0 unspecified atom stereocenters. The summed E-state index contributed by atoms with van der Waals surface area (Å²) in [6, 6.07) is 10.8. The van der Waals surface area contributed by atoms with E-state index >= 15 is 0 Å². The van der Waals surface area contributed by atoms with E-state index in [2.05, 4.69) is 4.98 Å². The second-order valence-corrected chi connectivity index (χ2v) is 5.29. The van der Waals surface area contributed by atoms with E-state index in [1.165, 1.54) is 6.20 Å². The zero-order chi connectivity index (χ0) is 14.1. The van der Waals surface area contributed by atoms with Gasteiger partial charge in [-0.25, -0.2) is 8.78 Å². The molecule has 0 atom stereocenters. The molecule has 0 bridgehead atoms. The number of pyridine rings is 1. The Hall–Kier alpha value is -2.14. The van der Waals surface area contributed by atoms with Crippen molar-refractivity contribution in [3.8, 4) is 0 Å². The molecule has 0 spiro atoms. The van der Waals surface area contributed by atoms with Crippen LogP contribution in [0.5, 0.6) is 0 Å². The van der Waals surface area contributed by atoms with Crippen LogP contribution in [-0.4, -0.2) is 4.98 Å². The molecule has 100 valence electrons. The van der Waals surface area contributed by atoms with Gasteiger partial charge in [0.1, 0.15) is 11.6 Å². The van der Waals surface area contributed by atoms with Gasteiger partial charge in [0.25, 0.3) is 0 Å². The Balaban J connectivity index is 2.15. The van der Waals surface area contributed by atoms with E-state index in [-0.39, 0.29) is 4.90 Å². The van der Waals surface area contributed by atoms with Crippen molar-refractivity contribution in [2.75, 3.05) is 5.73 Å². The fourth-order valence-corrected chi connectivity index (χ4v) is 2.92. The third-order valence-corrected chi connectivity index (χ3v) is 4.05. The number of fused-ring (bicyclic) bond motifs is 1. The summed E-state index contributed by atoms with van der Waals surface area (Å²) in [5.74, 6) is -0.956. The van der Waals surface area contributed by atoms with Gasteiger partial charge in [-0.05, 0) is 24.3 Å². The lowest BCUT2D eigenvalue weighted by molar-refractivity contribution is 0.577. The van der Waals surface area contributed by atoms with Crippen molar-refractivity contribution in [2.45, 2.75) is 9.79 Å². The maximum atomic E-state index is 13.7. The van der Waals surface area contributed by atoms with Crippen molar-refractivity contribution in [3.63, 3.8) is 0 Å². The summed E-state index contributed by atoms with van der Waals surface area (Å²) in [5.41, 5.74) is 7.13. The predicted molar refractivity (Wildman–Crippen MR) is 76.6 cm³/mol. The molecule has 3 rings (SSSR count). The second kappa shape index (κ2) is 5.09. The molecule has 0 aliphatic carbocycles. The maximum Gasteiger partial charge on any atom is 0.137 e. The Morgan fingerprint density at radius 1 is 1.05 bits per heavy atom. The van der Waals surface area contributed by atoms with Gasteiger partial charge in [0, 0.05) is 10.3 Å². The molecule has 2 aromatic carbocycles. The first-order valence-electron chi connectivity index (χ1n) is 5.91. The van der Waals surface area contributed by atoms with E-state index < -0.39 is 11.6 Å². The highest BCUT2D eigenvalue weighted by Gasteiger charge is 2.12. The normalized spacial score (nSPS) is 10.9. The van der Waals surface area contributed by atoms with Crippen LogP contribution in [0.15, 0.2) is 58.5 Å². The molecule has 3 aromatic rings. The van der Waals surface area contributed by atoms with Gasteiger partial charge in [0.2, 0.25) is 0 Å². The second-order valence-electron chi connectivity index (χ2n) is 4.24. The summed E-state index contributed by atoms with van der Waals surface area (Å²) in [6.07, 6.45) is 1.53. The largest absolute Gasteiger partial charge is 0.397 e. The molecule has 0 aliphatic heterocycles. The number of halogens is 2. The van der Waals surface area contributed by atoms with Gasteiger partial charge in [-0.15, -0.1) is 0 Å². The number of hydrogen-bond donors (Lipinski definition) is 1. The molecule has 0 amide bonds. The van der Waals surface area contributed by atoms with Crippen LogP contribution in [0.2, 0.25) is 0 Å². The Kier molecular flexibility index (Phi) is 3.28. The monoisotopic (exact) mass is 288 g/mol. The first-order chi connectivity index (χ1) is 9.65. The zero-order valence-corrected chi connectivity index (χ0v) is 11.1. The van der Waals surface area contributed by atoms with E-state index in [1.807, 2.05) is 24.3 Å². The van der Waals surface area contributed by atoms with Gasteiger partial charge < -0.3 is 5.73 Å². The average molecular weight is 288 g/mol. The van der Waals surface area contributed by atoms with E-state index in [0.29, 0.717) is 10.6 Å². The maximum absolute atomic E-state index is 13.7. The number of aromatic nitrogens is 1. The van der Waals surface area contributed by atoms with Crippen LogP contribution in [0, 0.1) is 11.6 Å². The molecule has 2 nitrogen and oxygen atoms in total. The topological polar surface area (TPSA) is 38.9 Å².